The highest BCUT2D eigenvalue weighted by Gasteiger charge is 2.01. The molecule has 0 aliphatic rings. The van der Waals surface area contributed by atoms with Gasteiger partial charge in [-0.15, -0.1) is 0 Å². The predicted molar refractivity (Wildman–Crippen MR) is 62.1 cm³/mol. The maximum atomic E-state index is 10.9. The van der Waals surface area contributed by atoms with E-state index in [9.17, 15) is 9.90 Å². The third kappa shape index (κ3) is 2.03. The van der Waals surface area contributed by atoms with Gasteiger partial charge in [-0.05, 0) is 35.4 Å². The highest BCUT2D eigenvalue weighted by molar-refractivity contribution is 5.93. The van der Waals surface area contributed by atoms with Gasteiger partial charge in [0.05, 0.1) is 0 Å². The minimum atomic E-state index is -0.442. The third-order valence-electron chi connectivity index (χ3n) is 2.35. The largest absolute Gasteiger partial charge is 0.508 e. The van der Waals surface area contributed by atoms with Crippen molar-refractivity contribution >= 4 is 5.91 Å². The van der Waals surface area contributed by atoms with Crippen LogP contribution in [0.25, 0.3) is 11.1 Å². The van der Waals surface area contributed by atoms with Gasteiger partial charge in [0.15, 0.2) is 0 Å². The fraction of sp³-hybridized carbons (Fsp3) is 0. The van der Waals surface area contributed by atoms with E-state index in [1.807, 2.05) is 6.07 Å². The van der Waals surface area contributed by atoms with Crippen LogP contribution in [0.5, 0.6) is 5.75 Å². The van der Waals surface area contributed by atoms with Gasteiger partial charge in [-0.1, -0.05) is 24.3 Å². The van der Waals surface area contributed by atoms with Crippen LogP contribution in [0.4, 0.5) is 0 Å². The van der Waals surface area contributed by atoms with Crippen molar-refractivity contribution in [2.75, 3.05) is 0 Å². The van der Waals surface area contributed by atoms with Crippen LogP contribution in [-0.2, 0) is 0 Å². The van der Waals surface area contributed by atoms with Crippen LogP contribution in [0.2, 0.25) is 0 Å². The summed E-state index contributed by atoms with van der Waals surface area (Å²) in [6.07, 6.45) is 0. The molecular weight excluding hydrogens is 202 g/mol. The minimum Gasteiger partial charge on any atom is -0.508 e. The molecule has 0 heterocycles. The Bertz CT molecular complexity index is 518. The maximum absolute atomic E-state index is 10.9. The lowest BCUT2D eigenvalue weighted by atomic mass is 10.0. The van der Waals surface area contributed by atoms with Gasteiger partial charge in [0.25, 0.3) is 0 Å². The SMILES string of the molecule is NC(=O)c1ccc(-c2cccc(O)c2)cc1. The summed E-state index contributed by atoms with van der Waals surface area (Å²) in [5.41, 5.74) is 7.45. The summed E-state index contributed by atoms with van der Waals surface area (Å²) in [4.78, 5) is 10.9. The Kier molecular flexibility index (Phi) is 2.60. The van der Waals surface area contributed by atoms with E-state index < -0.39 is 5.91 Å². The number of hydrogen-bond acceptors (Lipinski definition) is 2. The van der Waals surface area contributed by atoms with E-state index in [4.69, 9.17) is 5.73 Å². The molecule has 2 rings (SSSR count). The summed E-state index contributed by atoms with van der Waals surface area (Å²) < 4.78 is 0. The molecule has 1 amide bonds. The molecule has 0 radical (unpaired) electrons. The quantitative estimate of drug-likeness (QED) is 0.802. The monoisotopic (exact) mass is 213 g/mol. The molecule has 0 unspecified atom stereocenters. The van der Waals surface area contributed by atoms with Gasteiger partial charge in [0.2, 0.25) is 5.91 Å². The summed E-state index contributed by atoms with van der Waals surface area (Å²) in [6.45, 7) is 0. The molecule has 0 aliphatic carbocycles. The second kappa shape index (κ2) is 4.06. The average molecular weight is 213 g/mol. The molecule has 80 valence electrons. The van der Waals surface area contributed by atoms with Crippen LogP contribution >= 0.6 is 0 Å². The summed E-state index contributed by atoms with van der Waals surface area (Å²) >= 11 is 0. The number of phenols is 1. The Labute approximate surface area is 93.1 Å². The zero-order chi connectivity index (χ0) is 11.5. The van der Waals surface area contributed by atoms with Gasteiger partial charge in [-0.25, -0.2) is 0 Å². The van der Waals surface area contributed by atoms with Crippen molar-refractivity contribution in [3.8, 4) is 16.9 Å². The molecule has 0 fully saturated rings. The van der Waals surface area contributed by atoms with Crippen molar-refractivity contribution in [1.29, 1.82) is 0 Å². The summed E-state index contributed by atoms with van der Waals surface area (Å²) in [5, 5.41) is 9.34. The number of benzene rings is 2. The van der Waals surface area contributed by atoms with E-state index in [0.717, 1.165) is 11.1 Å². The number of amides is 1. The maximum Gasteiger partial charge on any atom is 0.248 e. The number of carbonyl (C=O) groups excluding carboxylic acids is 1. The van der Waals surface area contributed by atoms with E-state index in [2.05, 4.69) is 0 Å². The van der Waals surface area contributed by atoms with Crippen molar-refractivity contribution in [2.24, 2.45) is 5.73 Å². The topological polar surface area (TPSA) is 63.3 Å². The first-order chi connectivity index (χ1) is 7.66. The number of nitrogens with two attached hydrogens (primary N) is 1. The van der Waals surface area contributed by atoms with Crippen LogP contribution in [0, 0.1) is 0 Å². The Morgan fingerprint density at radius 1 is 1.00 bits per heavy atom. The lowest BCUT2D eigenvalue weighted by Gasteiger charge is -2.03. The molecule has 3 N–H and O–H groups in total. The van der Waals surface area contributed by atoms with Crippen molar-refractivity contribution in [3.63, 3.8) is 0 Å². The van der Waals surface area contributed by atoms with Crippen molar-refractivity contribution < 1.29 is 9.90 Å². The van der Waals surface area contributed by atoms with Gasteiger partial charge in [-0.2, -0.15) is 0 Å². The van der Waals surface area contributed by atoms with E-state index in [0.29, 0.717) is 5.56 Å². The van der Waals surface area contributed by atoms with Crippen LogP contribution in [0.15, 0.2) is 48.5 Å². The Hall–Kier alpha value is -2.29. The molecular formula is C13H11NO2. The standard InChI is InChI=1S/C13H11NO2/c14-13(16)10-6-4-9(5-7-10)11-2-1-3-12(15)8-11/h1-8,15H,(H2,14,16). The molecule has 16 heavy (non-hydrogen) atoms. The number of aromatic hydroxyl groups is 1. The highest BCUT2D eigenvalue weighted by atomic mass is 16.3. The number of phenolic OH excluding ortho intramolecular Hbond substituents is 1. The highest BCUT2D eigenvalue weighted by Crippen LogP contribution is 2.23. The average Bonchev–Trinajstić information content (AvgIpc) is 2.29. The van der Waals surface area contributed by atoms with E-state index >= 15 is 0 Å². The molecule has 2 aromatic carbocycles. The predicted octanol–water partition coefficient (Wildman–Crippen LogP) is 2.16. The number of carbonyl (C=O) groups is 1. The zero-order valence-electron chi connectivity index (χ0n) is 8.55. The molecule has 2 aromatic rings. The van der Waals surface area contributed by atoms with Crippen LogP contribution in [0.3, 0.4) is 0 Å². The Morgan fingerprint density at radius 3 is 2.25 bits per heavy atom. The minimum absolute atomic E-state index is 0.219. The summed E-state index contributed by atoms with van der Waals surface area (Å²) in [7, 11) is 0. The van der Waals surface area contributed by atoms with E-state index in [1.165, 1.54) is 0 Å². The first-order valence-corrected chi connectivity index (χ1v) is 4.86. The molecule has 0 aliphatic heterocycles. The lowest BCUT2D eigenvalue weighted by Crippen LogP contribution is -2.10. The first kappa shape index (κ1) is 10.2. The van der Waals surface area contributed by atoms with E-state index in [1.54, 1.807) is 42.5 Å². The molecule has 0 aromatic heterocycles. The van der Waals surface area contributed by atoms with Crippen molar-refractivity contribution in [1.82, 2.24) is 0 Å². The zero-order valence-corrected chi connectivity index (χ0v) is 8.55. The van der Waals surface area contributed by atoms with Gasteiger partial charge >= 0.3 is 0 Å². The van der Waals surface area contributed by atoms with Crippen LogP contribution < -0.4 is 5.73 Å². The molecule has 3 nitrogen and oxygen atoms in total. The second-order valence-corrected chi connectivity index (χ2v) is 3.49. The van der Waals surface area contributed by atoms with Crippen molar-refractivity contribution in [3.05, 3.63) is 54.1 Å². The van der Waals surface area contributed by atoms with Crippen LogP contribution in [-0.4, -0.2) is 11.0 Å². The fourth-order valence-electron chi connectivity index (χ4n) is 1.51. The Balaban J connectivity index is 2.38. The van der Waals surface area contributed by atoms with Crippen molar-refractivity contribution in [2.45, 2.75) is 0 Å². The summed E-state index contributed by atoms with van der Waals surface area (Å²) in [6, 6.07) is 13.9. The third-order valence-corrected chi connectivity index (χ3v) is 2.35. The molecule has 0 spiro atoms. The molecule has 3 heteroatoms. The number of primary amides is 1. The fourth-order valence-corrected chi connectivity index (χ4v) is 1.51. The summed E-state index contributed by atoms with van der Waals surface area (Å²) in [5.74, 6) is -0.223. The molecule has 0 bridgehead atoms. The smallest absolute Gasteiger partial charge is 0.248 e. The molecule has 0 saturated carbocycles. The van der Waals surface area contributed by atoms with Gasteiger partial charge in [0.1, 0.15) is 5.75 Å². The number of rotatable bonds is 2. The molecule has 0 atom stereocenters. The first-order valence-electron chi connectivity index (χ1n) is 4.86. The normalized spacial score (nSPS) is 10.0. The lowest BCUT2D eigenvalue weighted by molar-refractivity contribution is 0.100. The van der Waals surface area contributed by atoms with E-state index in [-0.39, 0.29) is 5.75 Å². The van der Waals surface area contributed by atoms with Gasteiger partial charge in [-0.3, -0.25) is 4.79 Å². The van der Waals surface area contributed by atoms with Gasteiger partial charge in [0, 0.05) is 5.56 Å². The van der Waals surface area contributed by atoms with Crippen LogP contribution in [0.1, 0.15) is 10.4 Å². The number of hydrogen-bond donors (Lipinski definition) is 2. The second-order valence-electron chi connectivity index (χ2n) is 3.49. The molecule has 0 saturated heterocycles. The Morgan fingerprint density at radius 2 is 1.69 bits per heavy atom. The van der Waals surface area contributed by atoms with Gasteiger partial charge < -0.3 is 10.8 Å².